The standard InChI is InChI=1S/C16H22N2O3S/c1-2-3-4-9-21-15(20)12-18-14(19)7-10-22-16(18)13-6-5-8-17-11-13/h5-6,8,11,16H,2-4,7,9-10,12H2,1H3. The van der Waals surface area contributed by atoms with Crippen LogP contribution in [0, 0.1) is 0 Å². The van der Waals surface area contributed by atoms with E-state index < -0.39 is 0 Å². The van der Waals surface area contributed by atoms with E-state index in [1.807, 2.05) is 12.1 Å². The zero-order chi connectivity index (χ0) is 15.8. The maximum Gasteiger partial charge on any atom is 0.325 e. The molecule has 1 aliphatic heterocycles. The molecule has 0 N–H and O–H groups in total. The average molecular weight is 322 g/mol. The summed E-state index contributed by atoms with van der Waals surface area (Å²) in [5.74, 6) is 0.430. The van der Waals surface area contributed by atoms with Crippen molar-refractivity contribution < 1.29 is 14.3 Å². The lowest BCUT2D eigenvalue weighted by Crippen LogP contribution is -2.41. The number of unbranched alkanes of at least 4 members (excludes halogenated alkanes) is 2. The number of esters is 1. The van der Waals surface area contributed by atoms with E-state index in [1.165, 1.54) is 0 Å². The molecule has 1 saturated heterocycles. The molecular formula is C16H22N2O3S. The van der Waals surface area contributed by atoms with Crippen molar-refractivity contribution in [2.24, 2.45) is 0 Å². The SMILES string of the molecule is CCCCCOC(=O)CN1C(=O)CCSC1c1cccnc1. The predicted octanol–water partition coefficient (Wildman–Crippen LogP) is 2.78. The van der Waals surface area contributed by atoms with Crippen LogP contribution in [0.5, 0.6) is 0 Å². The molecule has 5 nitrogen and oxygen atoms in total. The summed E-state index contributed by atoms with van der Waals surface area (Å²) in [6.07, 6.45) is 6.91. The fourth-order valence-corrected chi connectivity index (χ4v) is 3.53. The highest BCUT2D eigenvalue weighted by Crippen LogP contribution is 2.36. The Morgan fingerprint density at radius 3 is 3.09 bits per heavy atom. The lowest BCUT2D eigenvalue weighted by atomic mass is 10.2. The smallest absolute Gasteiger partial charge is 0.325 e. The van der Waals surface area contributed by atoms with E-state index in [1.54, 1.807) is 29.1 Å². The zero-order valence-electron chi connectivity index (χ0n) is 12.9. The molecule has 0 saturated carbocycles. The number of rotatable bonds is 7. The van der Waals surface area contributed by atoms with Crippen LogP contribution in [0.1, 0.15) is 43.5 Å². The van der Waals surface area contributed by atoms with Gasteiger partial charge in [0, 0.05) is 30.1 Å². The van der Waals surface area contributed by atoms with Gasteiger partial charge in [0.2, 0.25) is 5.91 Å². The fourth-order valence-electron chi connectivity index (χ4n) is 2.31. The summed E-state index contributed by atoms with van der Waals surface area (Å²) in [5.41, 5.74) is 0.944. The van der Waals surface area contributed by atoms with Crippen LogP contribution in [0.2, 0.25) is 0 Å². The lowest BCUT2D eigenvalue weighted by Gasteiger charge is -2.34. The summed E-state index contributed by atoms with van der Waals surface area (Å²) < 4.78 is 5.22. The van der Waals surface area contributed by atoms with Gasteiger partial charge in [-0.15, -0.1) is 11.8 Å². The van der Waals surface area contributed by atoms with Gasteiger partial charge in [0.05, 0.1) is 6.61 Å². The number of pyridine rings is 1. The quantitative estimate of drug-likeness (QED) is 0.571. The number of hydrogen-bond acceptors (Lipinski definition) is 5. The summed E-state index contributed by atoms with van der Waals surface area (Å²) in [6.45, 7) is 2.54. The van der Waals surface area contributed by atoms with Crippen LogP contribution >= 0.6 is 11.8 Å². The summed E-state index contributed by atoms with van der Waals surface area (Å²) in [6, 6.07) is 3.78. The number of hydrogen-bond donors (Lipinski definition) is 0. The number of thioether (sulfide) groups is 1. The van der Waals surface area contributed by atoms with E-state index >= 15 is 0 Å². The molecule has 0 spiro atoms. The van der Waals surface area contributed by atoms with Gasteiger partial charge in [-0.2, -0.15) is 0 Å². The first-order chi connectivity index (χ1) is 10.7. The molecule has 2 rings (SSSR count). The summed E-state index contributed by atoms with van der Waals surface area (Å²) >= 11 is 1.66. The van der Waals surface area contributed by atoms with Crippen molar-refractivity contribution in [3.63, 3.8) is 0 Å². The van der Waals surface area contributed by atoms with Gasteiger partial charge in [0.1, 0.15) is 11.9 Å². The van der Waals surface area contributed by atoms with E-state index in [0.717, 1.165) is 30.6 Å². The van der Waals surface area contributed by atoms with Gasteiger partial charge >= 0.3 is 5.97 Å². The molecule has 22 heavy (non-hydrogen) atoms. The number of nitrogens with zero attached hydrogens (tertiary/aromatic N) is 2. The number of ether oxygens (including phenoxy) is 1. The van der Waals surface area contributed by atoms with E-state index in [0.29, 0.717) is 13.0 Å². The number of amides is 1. The first kappa shape index (κ1) is 16.8. The second kappa shape index (κ2) is 8.78. The molecule has 1 aliphatic rings. The topological polar surface area (TPSA) is 59.5 Å². The van der Waals surface area contributed by atoms with Crippen LogP contribution in [0.25, 0.3) is 0 Å². The largest absolute Gasteiger partial charge is 0.464 e. The summed E-state index contributed by atoms with van der Waals surface area (Å²) in [4.78, 5) is 29.8. The van der Waals surface area contributed by atoms with Gasteiger partial charge in [-0.05, 0) is 12.5 Å². The van der Waals surface area contributed by atoms with E-state index in [9.17, 15) is 9.59 Å². The second-order valence-electron chi connectivity index (χ2n) is 5.21. The highest BCUT2D eigenvalue weighted by atomic mass is 32.2. The van der Waals surface area contributed by atoms with Gasteiger partial charge in [-0.25, -0.2) is 0 Å². The van der Waals surface area contributed by atoms with Gasteiger partial charge in [-0.3, -0.25) is 14.6 Å². The zero-order valence-corrected chi connectivity index (χ0v) is 13.7. The molecule has 2 heterocycles. The molecule has 0 aromatic carbocycles. The van der Waals surface area contributed by atoms with Crippen molar-refractivity contribution in [2.75, 3.05) is 18.9 Å². The minimum atomic E-state index is -0.333. The highest BCUT2D eigenvalue weighted by Gasteiger charge is 2.31. The second-order valence-corrected chi connectivity index (χ2v) is 6.40. The third-order valence-corrected chi connectivity index (χ3v) is 4.76. The highest BCUT2D eigenvalue weighted by molar-refractivity contribution is 7.99. The van der Waals surface area contributed by atoms with Crippen molar-refractivity contribution in [3.8, 4) is 0 Å². The molecule has 1 amide bonds. The Labute approximate surface area is 135 Å². The van der Waals surface area contributed by atoms with Crippen LogP contribution in [0.15, 0.2) is 24.5 Å². The van der Waals surface area contributed by atoms with Crippen molar-refractivity contribution in [2.45, 2.75) is 38.0 Å². The first-order valence-corrected chi connectivity index (χ1v) is 8.74. The normalized spacial score (nSPS) is 18.3. The van der Waals surface area contributed by atoms with E-state index in [-0.39, 0.29) is 23.8 Å². The Morgan fingerprint density at radius 1 is 1.50 bits per heavy atom. The number of aromatic nitrogens is 1. The molecule has 1 fully saturated rings. The van der Waals surface area contributed by atoms with Crippen molar-refractivity contribution >= 4 is 23.6 Å². The Morgan fingerprint density at radius 2 is 2.36 bits per heavy atom. The molecule has 6 heteroatoms. The van der Waals surface area contributed by atoms with E-state index in [4.69, 9.17) is 4.74 Å². The average Bonchev–Trinajstić information content (AvgIpc) is 2.54. The first-order valence-electron chi connectivity index (χ1n) is 7.69. The molecule has 0 aliphatic carbocycles. The maximum absolute atomic E-state index is 12.2. The fraction of sp³-hybridized carbons (Fsp3) is 0.562. The van der Waals surface area contributed by atoms with Crippen LogP contribution in [-0.2, 0) is 14.3 Å². The number of carbonyl (C=O) groups is 2. The molecule has 0 bridgehead atoms. The Balaban J connectivity index is 1.95. The minimum Gasteiger partial charge on any atom is -0.464 e. The van der Waals surface area contributed by atoms with Gasteiger partial charge in [0.15, 0.2) is 0 Å². The third-order valence-electron chi connectivity index (χ3n) is 3.48. The van der Waals surface area contributed by atoms with Crippen LogP contribution in [0.3, 0.4) is 0 Å². The monoisotopic (exact) mass is 322 g/mol. The Hall–Kier alpha value is -1.56. The molecule has 1 aromatic heterocycles. The molecular weight excluding hydrogens is 300 g/mol. The molecule has 120 valence electrons. The Bertz CT molecular complexity index is 495. The van der Waals surface area contributed by atoms with Gasteiger partial charge in [0.25, 0.3) is 0 Å². The van der Waals surface area contributed by atoms with Crippen molar-refractivity contribution in [3.05, 3.63) is 30.1 Å². The van der Waals surface area contributed by atoms with Crippen molar-refractivity contribution in [1.82, 2.24) is 9.88 Å². The third kappa shape index (κ3) is 4.73. The molecule has 1 atom stereocenters. The summed E-state index contributed by atoms with van der Waals surface area (Å²) in [7, 11) is 0. The molecule has 1 unspecified atom stereocenters. The number of carbonyl (C=O) groups excluding carboxylic acids is 2. The maximum atomic E-state index is 12.2. The predicted molar refractivity (Wildman–Crippen MR) is 86.3 cm³/mol. The van der Waals surface area contributed by atoms with Crippen LogP contribution in [0.4, 0.5) is 0 Å². The van der Waals surface area contributed by atoms with Crippen molar-refractivity contribution in [1.29, 1.82) is 0 Å². The molecule has 1 aromatic rings. The Kier molecular flexibility index (Phi) is 6.71. The van der Waals surface area contributed by atoms with E-state index in [2.05, 4.69) is 11.9 Å². The summed E-state index contributed by atoms with van der Waals surface area (Å²) in [5, 5.41) is -0.154. The van der Waals surface area contributed by atoms with Gasteiger partial charge < -0.3 is 9.64 Å². The lowest BCUT2D eigenvalue weighted by molar-refractivity contribution is -0.150. The molecule has 0 radical (unpaired) electrons. The van der Waals surface area contributed by atoms with Gasteiger partial charge in [-0.1, -0.05) is 25.8 Å². The minimum absolute atomic E-state index is 0.00175. The van der Waals surface area contributed by atoms with Crippen LogP contribution < -0.4 is 0 Å². The van der Waals surface area contributed by atoms with Crippen LogP contribution in [-0.4, -0.2) is 40.7 Å².